The molecular weight excluding hydrogens is 575 g/mol. The molecule has 0 rings (SSSR count). The molecule has 9 heteroatoms. The van der Waals surface area contributed by atoms with Crippen LogP contribution in [0, 0.1) is 0 Å². The number of phosphoric acid groups is 1. The summed E-state index contributed by atoms with van der Waals surface area (Å²) in [6.07, 6.45) is 31.6. The maximum atomic E-state index is 12.7. The van der Waals surface area contributed by atoms with Gasteiger partial charge in [0.1, 0.15) is 13.2 Å². The first-order chi connectivity index (χ1) is 21.0. The van der Waals surface area contributed by atoms with Gasteiger partial charge in [-0.15, -0.1) is 0 Å². The topological polar surface area (TPSA) is 108 Å². The molecule has 0 saturated carbocycles. The van der Waals surface area contributed by atoms with Gasteiger partial charge < -0.3 is 28.8 Å². The van der Waals surface area contributed by atoms with E-state index in [0.29, 0.717) is 17.4 Å². The van der Waals surface area contributed by atoms with Gasteiger partial charge in [-0.2, -0.15) is 0 Å². The molecule has 3 unspecified atom stereocenters. The highest BCUT2D eigenvalue weighted by Crippen LogP contribution is 2.38. The highest BCUT2D eigenvalue weighted by Gasteiger charge is 2.23. The number of allylic oxidation sites excluding steroid dienone is 7. The van der Waals surface area contributed by atoms with E-state index in [1.54, 1.807) is 6.08 Å². The number of rotatable bonds is 29. The average molecular weight is 641 g/mol. The van der Waals surface area contributed by atoms with Crippen molar-refractivity contribution in [1.29, 1.82) is 0 Å². The summed E-state index contributed by atoms with van der Waals surface area (Å²) in [5, 5.41) is 13.6. The fourth-order valence-electron chi connectivity index (χ4n) is 4.17. The maximum absolute atomic E-state index is 12.7. The molecule has 1 amide bonds. The van der Waals surface area contributed by atoms with Crippen molar-refractivity contribution in [2.45, 2.75) is 129 Å². The van der Waals surface area contributed by atoms with Gasteiger partial charge in [0.25, 0.3) is 7.82 Å². The molecule has 0 aliphatic heterocycles. The summed E-state index contributed by atoms with van der Waals surface area (Å²) in [7, 11) is 1.21. The summed E-state index contributed by atoms with van der Waals surface area (Å²) >= 11 is 0. The number of hydrogen-bond acceptors (Lipinski definition) is 6. The summed E-state index contributed by atoms with van der Waals surface area (Å²) in [6.45, 7) is 4.44. The molecule has 0 aromatic heterocycles. The van der Waals surface area contributed by atoms with Gasteiger partial charge in [-0.05, 0) is 57.8 Å². The standard InChI is InChI=1S/C35H65N2O6P/c1-6-8-10-12-14-16-18-20-22-24-26-28-34(38)33(32-43-44(40,41)42-31-30-37(3,4)5)36-35(39)29-27-25-23-21-19-17-15-13-11-9-7-2/h10,12-13,15,18,20,26,28,33-34,38H,6-9,11,14,16-17,19,21-25,27,29-32H2,1-5H3,(H-,36,39,40,41)/b12-10+,15-13-,20-18+,28-26+. The van der Waals surface area contributed by atoms with Crippen molar-refractivity contribution in [2.75, 3.05) is 40.9 Å². The van der Waals surface area contributed by atoms with Crippen LogP contribution >= 0.6 is 7.82 Å². The zero-order chi connectivity index (χ0) is 32.9. The number of unbranched alkanes of at least 4 members (excludes halogenated alkanes) is 10. The number of nitrogens with one attached hydrogen (secondary N) is 1. The number of carbonyl (C=O) groups excluding carboxylic acids is 1. The van der Waals surface area contributed by atoms with Gasteiger partial charge in [-0.3, -0.25) is 9.36 Å². The zero-order valence-corrected chi connectivity index (χ0v) is 29.5. The largest absolute Gasteiger partial charge is 0.756 e. The van der Waals surface area contributed by atoms with Gasteiger partial charge in [-0.25, -0.2) is 0 Å². The van der Waals surface area contributed by atoms with Crippen molar-refractivity contribution < 1.29 is 32.9 Å². The van der Waals surface area contributed by atoms with Crippen molar-refractivity contribution in [2.24, 2.45) is 0 Å². The predicted molar refractivity (Wildman–Crippen MR) is 182 cm³/mol. The highest BCUT2D eigenvalue weighted by atomic mass is 31.2. The Morgan fingerprint density at radius 1 is 0.773 bits per heavy atom. The number of hydrogen-bond donors (Lipinski definition) is 2. The summed E-state index contributed by atoms with van der Waals surface area (Å²) in [5.41, 5.74) is 0. The van der Waals surface area contributed by atoms with E-state index < -0.39 is 26.6 Å². The van der Waals surface area contributed by atoms with E-state index in [0.717, 1.165) is 77.0 Å². The minimum absolute atomic E-state index is 0.0125. The average Bonchev–Trinajstić information content (AvgIpc) is 2.95. The lowest BCUT2D eigenvalue weighted by Crippen LogP contribution is -2.45. The summed E-state index contributed by atoms with van der Waals surface area (Å²) in [4.78, 5) is 25.0. The molecule has 2 N–H and O–H groups in total. The van der Waals surface area contributed by atoms with E-state index in [4.69, 9.17) is 9.05 Å². The van der Waals surface area contributed by atoms with Crippen LogP contribution in [0.5, 0.6) is 0 Å². The number of phosphoric ester groups is 1. The maximum Gasteiger partial charge on any atom is 0.268 e. The Morgan fingerprint density at radius 2 is 1.32 bits per heavy atom. The lowest BCUT2D eigenvalue weighted by Gasteiger charge is -2.29. The van der Waals surface area contributed by atoms with Crippen LogP contribution in [0.3, 0.4) is 0 Å². The summed E-state index contributed by atoms with van der Waals surface area (Å²) in [6, 6.07) is -0.909. The molecular formula is C35H65N2O6P. The molecule has 0 bridgehead atoms. The Bertz CT molecular complexity index is 866. The molecule has 0 aromatic rings. The predicted octanol–water partition coefficient (Wildman–Crippen LogP) is 7.55. The first-order valence-corrected chi connectivity index (χ1v) is 18.5. The molecule has 44 heavy (non-hydrogen) atoms. The number of aliphatic hydroxyl groups excluding tert-OH is 1. The fraction of sp³-hybridized carbons (Fsp3) is 0.743. The third kappa shape index (κ3) is 29.2. The van der Waals surface area contributed by atoms with Crippen LogP contribution in [0.1, 0.15) is 117 Å². The van der Waals surface area contributed by atoms with Gasteiger partial charge in [-0.1, -0.05) is 101 Å². The first-order valence-electron chi connectivity index (χ1n) is 17.0. The second-order valence-electron chi connectivity index (χ2n) is 12.5. The number of likely N-dealkylation sites (N-methyl/N-ethyl adjacent to an activating group) is 1. The number of amides is 1. The van der Waals surface area contributed by atoms with E-state index in [-0.39, 0.29) is 12.5 Å². The summed E-state index contributed by atoms with van der Waals surface area (Å²) in [5.74, 6) is -0.229. The molecule has 0 spiro atoms. The molecule has 0 radical (unpaired) electrons. The number of carbonyl (C=O) groups is 1. The fourth-order valence-corrected chi connectivity index (χ4v) is 4.89. The van der Waals surface area contributed by atoms with E-state index >= 15 is 0 Å². The number of aliphatic hydroxyl groups is 1. The number of nitrogens with zero attached hydrogens (tertiary/aromatic N) is 1. The lowest BCUT2D eigenvalue weighted by atomic mass is 10.1. The smallest absolute Gasteiger partial charge is 0.268 e. The van der Waals surface area contributed by atoms with Crippen molar-refractivity contribution >= 4 is 13.7 Å². The molecule has 3 atom stereocenters. The van der Waals surface area contributed by atoms with Crippen molar-refractivity contribution in [1.82, 2.24) is 5.32 Å². The van der Waals surface area contributed by atoms with E-state index in [1.165, 1.54) is 19.3 Å². The minimum atomic E-state index is -4.59. The van der Waals surface area contributed by atoms with Crippen LogP contribution in [0.15, 0.2) is 48.6 Å². The van der Waals surface area contributed by atoms with Crippen LogP contribution in [-0.4, -0.2) is 68.5 Å². The van der Waals surface area contributed by atoms with Crippen molar-refractivity contribution in [3.63, 3.8) is 0 Å². The van der Waals surface area contributed by atoms with Crippen molar-refractivity contribution in [3.05, 3.63) is 48.6 Å². The molecule has 0 saturated heterocycles. The summed E-state index contributed by atoms with van der Waals surface area (Å²) < 4.78 is 22.9. The van der Waals surface area contributed by atoms with E-state index in [9.17, 15) is 19.4 Å². The van der Waals surface area contributed by atoms with E-state index in [2.05, 4.69) is 55.6 Å². The second kappa shape index (κ2) is 27.7. The van der Waals surface area contributed by atoms with Crippen LogP contribution in [-0.2, 0) is 18.4 Å². The Labute approximate surface area is 269 Å². The van der Waals surface area contributed by atoms with Gasteiger partial charge in [0, 0.05) is 6.42 Å². The normalized spacial score (nSPS) is 15.5. The van der Waals surface area contributed by atoms with Crippen molar-refractivity contribution in [3.8, 4) is 0 Å². The quantitative estimate of drug-likeness (QED) is 0.0378. The second-order valence-corrected chi connectivity index (χ2v) is 13.9. The van der Waals surface area contributed by atoms with Gasteiger partial charge in [0.2, 0.25) is 5.91 Å². The molecule has 0 heterocycles. The third-order valence-corrected chi connectivity index (χ3v) is 7.93. The minimum Gasteiger partial charge on any atom is -0.756 e. The van der Waals surface area contributed by atoms with E-state index in [1.807, 2.05) is 27.2 Å². The first kappa shape index (κ1) is 42.5. The molecule has 256 valence electrons. The third-order valence-electron chi connectivity index (χ3n) is 6.97. The highest BCUT2D eigenvalue weighted by molar-refractivity contribution is 7.45. The zero-order valence-electron chi connectivity index (χ0n) is 28.6. The lowest BCUT2D eigenvalue weighted by molar-refractivity contribution is -0.870. The molecule has 0 fully saturated rings. The van der Waals surface area contributed by atoms with Gasteiger partial charge in [0.15, 0.2) is 0 Å². The Hall–Kier alpha value is -1.54. The van der Waals surface area contributed by atoms with Crippen LogP contribution in [0.4, 0.5) is 0 Å². The Balaban J connectivity index is 4.72. The number of quaternary nitrogens is 1. The molecule has 0 aliphatic rings. The van der Waals surface area contributed by atoms with Crippen LogP contribution in [0.25, 0.3) is 0 Å². The molecule has 0 aromatic carbocycles. The van der Waals surface area contributed by atoms with Crippen LogP contribution in [0.2, 0.25) is 0 Å². The monoisotopic (exact) mass is 640 g/mol. The molecule has 0 aliphatic carbocycles. The van der Waals surface area contributed by atoms with Gasteiger partial charge >= 0.3 is 0 Å². The van der Waals surface area contributed by atoms with Crippen LogP contribution < -0.4 is 10.2 Å². The SMILES string of the molecule is CCC/C=C/CC/C=C/CC/C=C/C(O)C(COP(=O)([O-])OCC[N+](C)(C)C)NC(=O)CCCCCCC/C=C\CCCC. The Kier molecular flexibility index (Phi) is 26.8. The van der Waals surface area contributed by atoms with Gasteiger partial charge in [0.05, 0.1) is 39.9 Å². The Morgan fingerprint density at radius 3 is 1.93 bits per heavy atom. The molecule has 8 nitrogen and oxygen atoms in total.